The van der Waals surface area contributed by atoms with Gasteiger partial charge in [0.15, 0.2) is 11.2 Å². The Morgan fingerprint density at radius 3 is 2.79 bits per heavy atom. The lowest BCUT2D eigenvalue weighted by Gasteiger charge is -2.29. The standard InChI is InChI=1S/C15H25N3S/c1-3-4-10-16-11-14-12(2)17-18(15(14)19)13-8-6-5-7-9-13/h11,13,17H,3-10H2,1-2H3/p+2. The molecule has 0 aromatic heterocycles. The average Bonchev–Trinajstić information content (AvgIpc) is 2.72. The summed E-state index contributed by atoms with van der Waals surface area (Å²) in [6, 6.07) is 0.637. The van der Waals surface area contributed by atoms with Gasteiger partial charge in [0.05, 0.1) is 6.04 Å². The Morgan fingerprint density at radius 1 is 1.37 bits per heavy atom. The molecule has 0 radical (unpaired) electrons. The summed E-state index contributed by atoms with van der Waals surface area (Å²) in [6.45, 7) is 5.42. The molecule has 2 aliphatic rings. The zero-order valence-electron chi connectivity index (χ0n) is 12.2. The number of nitrogens with zero attached hydrogens (tertiary/aromatic N) is 1. The number of nitrogens with one attached hydrogen (secondary N) is 1. The van der Waals surface area contributed by atoms with Gasteiger partial charge in [0, 0.05) is 13.3 Å². The zero-order chi connectivity index (χ0) is 13.7. The Morgan fingerprint density at radius 2 is 2.11 bits per heavy atom. The van der Waals surface area contributed by atoms with Crippen LogP contribution < -0.4 is 10.4 Å². The number of unbranched alkanes of at least 4 members (excludes halogenated alkanes) is 1. The number of hydrogen-bond acceptors (Lipinski definition) is 1. The summed E-state index contributed by atoms with van der Waals surface area (Å²) in [4.78, 5) is 4.42. The van der Waals surface area contributed by atoms with E-state index >= 15 is 0 Å². The molecule has 3 N–H and O–H groups in total. The molecular weight excluding hydrogens is 254 g/mol. The van der Waals surface area contributed by atoms with Crippen LogP contribution in [0.2, 0.25) is 0 Å². The summed E-state index contributed by atoms with van der Waals surface area (Å²) in [5.41, 5.74) is 4.78. The van der Waals surface area contributed by atoms with Gasteiger partial charge in [-0.15, -0.1) is 0 Å². The predicted octanol–water partition coefficient (Wildman–Crippen LogP) is 0.666. The van der Waals surface area contributed by atoms with E-state index in [-0.39, 0.29) is 0 Å². The van der Waals surface area contributed by atoms with E-state index in [0.29, 0.717) is 6.04 Å². The highest BCUT2D eigenvalue weighted by Crippen LogP contribution is 2.23. The van der Waals surface area contributed by atoms with Crippen LogP contribution in [0.5, 0.6) is 0 Å². The summed E-state index contributed by atoms with van der Waals surface area (Å²) in [6.07, 6.45) is 11.2. The van der Waals surface area contributed by atoms with Crippen LogP contribution in [-0.4, -0.2) is 28.8 Å². The number of quaternary nitrogens is 1. The van der Waals surface area contributed by atoms with Gasteiger partial charge in [0.2, 0.25) is 0 Å². The van der Waals surface area contributed by atoms with Crippen molar-refractivity contribution in [3.8, 4) is 0 Å². The largest absolute Gasteiger partial charge is 0.247 e. The zero-order valence-corrected chi connectivity index (χ0v) is 13.1. The molecule has 0 amide bonds. The normalized spacial score (nSPS) is 22.0. The first kappa shape index (κ1) is 14.7. The van der Waals surface area contributed by atoms with E-state index in [4.69, 9.17) is 12.2 Å². The molecule has 0 aromatic carbocycles. The molecule has 1 saturated carbocycles. The fourth-order valence-electron chi connectivity index (χ4n) is 2.90. The highest BCUT2D eigenvalue weighted by atomic mass is 32.1. The highest BCUT2D eigenvalue weighted by Gasteiger charge is 2.35. The van der Waals surface area contributed by atoms with Crippen molar-refractivity contribution >= 4 is 23.4 Å². The van der Waals surface area contributed by atoms with Crippen molar-refractivity contribution in [1.29, 1.82) is 0 Å². The monoisotopic (exact) mass is 281 g/mol. The number of thiocarbonyl (C=S) groups is 1. The smallest absolute Gasteiger partial charge is 0.178 e. The molecule has 1 aliphatic carbocycles. The van der Waals surface area contributed by atoms with Crippen LogP contribution in [0.25, 0.3) is 0 Å². The highest BCUT2D eigenvalue weighted by molar-refractivity contribution is 7.80. The molecule has 0 bridgehead atoms. The van der Waals surface area contributed by atoms with Crippen molar-refractivity contribution in [3.05, 3.63) is 11.3 Å². The number of hydrogen-bond donors (Lipinski definition) is 2. The van der Waals surface area contributed by atoms with Crippen molar-refractivity contribution < 1.29 is 10.4 Å². The lowest BCUT2D eigenvalue weighted by Crippen LogP contribution is -2.91. The van der Waals surface area contributed by atoms with Crippen molar-refractivity contribution in [2.24, 2.45) is 0 Å². The molecule has 1 heterocycles. The van der Waals surface area contributed by atoms with Crippen LogP contribution in [0.3, 0.4) is 0 Å². The van der Waals surface area contributed by atoms with Gasteiger partial charge >= 0.3 is 0 Å². The predicted molar refractivity (Wildman–Crippen MR) is 82.7 cm³/mol. The Balaban J connectivity index is 1.95. The van der Waals surface area contributed by atoms with Crippen LogP contribution in [0.15, 0.2) is 11.3 Å². The van der Waals surface area contributed by atoms with Crippen LogP contribution in [0.4, 0.5) is 0 Å². The van der Waals surface area contributed by atoms with Gasteiger partial charge in [0.1, 0.15) is 17.8 Å². The van der Waals surface area contributed by atoms with Crippen LogP contribution in [0, 0.1) is 0 Å². The maximum absolute atomic E-state index is 5.66. The molecule has 19 heavy (non-hydrogen) atoms. The molecular formula is C15H27N3S+2. The second-order valence-electron chi connectivity index (χ2n) is 5.68. The maximum atomic E-state index is 5.66. The van der Waals surface area contributed by atoms with Gasteiger partial charge in [-0.3, -0.25) is 0 Å². The Labute approximate surface area is 122 Å². The molecule has 1 fully saturated rings. The molecule has 4 heteroatoms. The Hall–Kier alpha value is -0.740. The summed E-state index contributed by atoms with van der Waals surface area (Å²) in [5, 5.41) is 2.34. The summed E-state index contributed by atoms with van der Waals surface area (Å²) in [5.74, 6) is 0. The third-order valence-electron chi connectivity index (χ3n) is 4.11. The fraction of sp³-hybridized carbons (Fsp3) is 0.733. The maximum Gasteiger partial charge on any atom is 0.178 e. The van der Waals surface area contributed by atoms with Gasteiger partial charge in [-0.1, -0.05) is 44.8 Å². The first-order valence-corrected chi connectivity index (χ1v) is 8.10. The molecule has 0 unspecified atom stereocenters. The van der Waals surface area contributed by atoms with Crippen LogP contribution in [0.1, 0.15) is 58.8 Å². The molecule has 3 nitrogen and oxygen atoms in total. The Bertz CT molecular complexity index is 381. The average molecular weight is 281 g/mol. The van der Waals surface area contributed by atoms with E-state index < -0.39 is 0 Å². The lowest BCUT2D eigenvalue weighted by atomic mass is 9.95. The molecule has 0 aromatic rings. The van der Waals surface area contributed by atoms with Crippen molar-refractivity contribution in [3.63, 3.8) is 0 Å². The summed E-state index contributed by atoms with van der Waals surface area (Å²) < 4.78 is 0. The number of rotatable bonds is 5. The third kappa shape index (κ3) is 3.63. The number of allylic oxidation sites excluding steroid dienone is 1. The molecule has 1 aliphatic heterocycles. The summed E-state index contributed by atoms with van der Waals surface area (Å²) in [7, 11) is 0. The number of nitrogens with two attached hydrogens (primary N) is 1. The van der Waals surface area contributed by atoms with Gasteiger partial charge in [0.25, 0.3) is 0 Å². The van der Waals surface area contributed by atoms with Crippen molar-refractivity contribution in [2.45, 2.75) is 64.8 Å². The van der Waals surface area contributed by atoms with Crippen LogP contribution >= 0.6 is 12.2 Å². The first-order valence-electron chi connectivity index (χ1n) is 7.69. The van der Waals surface area contributed by atoms with E-state index in [0.717, 1.165) is 11.5 Å². The van der Waals surface area contributed by atoms with E-state index in [9.17, 15) is 0 Å². The SMILES string of the molecule is CCCC[NH+]=CC1=C(C)[NH2+]N(C2CCCCC2)C1=S. The molecule has 106 valence electrons. The summed E-state index contributed by atoms with van der Waals surface area (Å²) >= 11 is 5.66. The van der Waals surface area contributed by atoms with Gasteiger partial charge in [-0.25, -0.2) is 15.4 Å². The quantitative estimate of drug-likeness (QED) is 0.336. The minimum absolute atomic E-state index is 0.637. The third-order valence-corrected chi connectivity index (χ3v) is 4.54. The van der Waals surface area contributed by atoms with E-state index in [2.05, 4.69) is 35.5 Å². The molecule has 0 atom stereocenters. The minimum Gasteiger partial charge on any atom is -0.247 e. The van der Waals surface area contributed by atoms with Gasteiger partial charge in [-0.05, 0) is 12.8 Å². The topological polar surface area (TPSA) is 33.8 Å². The van der Waals surface area contributed by atoms with Gasteiger partial charge < -0.3 is 0 Å². The minimum atomic E-state index is 0.637. The van der Waals surface area contributed by atoms with Crippen molar-refractivity contribution in [2.75, 3.05) is 6.54 Å². The Kier molecular flexibility index (Phi) is 5.52. The van der Waals surface area contributed by atoms with Crippen molar-refractivity contribution in [1.82, 2.24) is 5.01 Å². The fourth-order valence-corrected chi connectivity index (χ4v) is 3.33. The second kappa shape index (κ2) is 7.15. The first-order chi connectivity index (χ1) is 9.24. The lowest BCUT2D eigenvalue weighted by molar-refractivity contribution is -0.743. The van der Waals surface area contributed by atoms with Gasteiger partial charge in [-0.2, -0.15) is 0 Å². The molecule has 0 spiro atoms. The van der Waals surface area contributed by atoms with Crippen LogP contribution in [-0.2, 0) is 0 Å². The molecule has 2 rings (SSSR count). The molecule has 0 saturated heterocycles. The van der Waals surface area contributed by atoms with E-state index in [1.165, 1.54) is 56.2 Å². The second-order valence-corrected chi connectivity index (χ2v) is 6.07. The van der Waals surface area contributed by atoms with E-state index in [1.54, 1.807) is 0 Å². The van der Waals surface area contributed by atoms with E-state index in [1.807, 2.05) is 0 Å².